The molecule has 7 heteroatoms. The van der Waals surface area contributed by atoms with Gasteiger partial charge < -0.3 is 14.8 Å². The molecule has 1 fully saturated rings. The molecule has 1 amide bonds. The molecule has 0 unspecified atom stereocenters. The molecule has 1 saturated heterocycles. The van der Waals surface area contributed by atoms with Gasteiger partial charge in [-0.2, -0.15) is 0 Å². The number of nitrogens with one attached hydrogen (secondary N) is 1. The summed E-state index contributed by atoms with van der Waals surface area (Å²) in [5.74, 6) is -0.290. The Bertz CT molecular complexity index is 728. The fourth-order valence-corrected chi connectivity index (χ4v) is 2.72. The largest absolute Gasteiger partial charge is 0.486 e. The molecule has 0 radical (unpaired) electrons. The Balaban J connectivity index is 1.70. The predicted octanol–water partition coefficient (Wildman–Crippen LogP) is 2.84. The Kier molecular flexibility index (Phi) is 5.27. The van der Waals surface area contributed by atoms with Crippen LogP contribution in [-0.4, -0.2) is 36.3 Å². The fraction of sp³-hybridized carbons (Fsp3) is 0.294. The summed E-state index contributed by atoms with van der Waals surface area (Å²) < 4.78 is 24.5. The minimum Gasteiger partial charge on any atom is -0.486 e. The van der Waals surface area contributed by atoms with Crippen molar-refractivity contribution >= 4 is 17.5 Å². The highest BCUT2D eigenvalue weighted by Crippen LogP contribution is 2.20. The van der Waals surface area contributed by atoms with Gasteiger partial charge in [0.2, 0.25) is 0 Å². The van der Waals surface area contributed by atoms with Crippen molar-refractivity contribution in [3.63, 3.8) is 0 Å². The molecule has 0 saturated carbocycles. The lowest BCUT2D eigenvalue weighted by Gasteiger charge is -2.32. The topological polar surface area (TPSA) is 60.5 Å². The molecule has 2 heterocycles. The molecule has 1 aliphatic heterocycles. The van der Waals surface area contributed by atoms with Crippen molar-refractivity contribution in [2.24, 2.45) is 0 Å². The van der Waals surface area contributed by atoms with Gasteiger partial charge in [-0.15, -0.1) is 0 Å². The van der Waals surface area contributed by atoms with E-state index in [0.717, 1.165) is 0 Å². The van der Waals surface area contributed by atoms with Gasteiger partial charge in [0, 0.05) is 25.1 Å². The molecule has 0 spiro atoms. The molecule has 24 heavy (non-hydrogen) atoms. The molecule has 2 atom stereocenters. The molecule has 1 aliphatic rings. The molecule has 126 valence electrons. The van der Waals surface area contributed by atoms with Crippen molar-refractivity contribution in [2.75, 3.05) is 13.2 Å². The van der Waals surface area contributed by atoms with Gasteiger partial charge in [-0.3, -0.25) is 9.78 Å². The summed E-state index contributed by atoms with van der Waals surface area (Å²) in [6, 6.07) is 7.16. The fourth-order valence-electron chi connectivity index (χ4n) is 2.51. The lowest BCUT2D eigenvalue weighted by atomic mass is 10.1. The van der Waals surface area contributed by atoms with Crippen molar-refractivity contribution in [1.82, 2.24) is 10.3 Å². The van der Waals surface area contributed by atoms with Gasteiger partial charge in [0.1, 0.15) is 17.7 Å². The monoisotopic (exact) mass is 350 g/mol. The Morgan fingerprint density at radius 3 is 3.08 bits per heavy atom. The highest BCUT2D eigenvalue weighted by Gasteiger charge is 2.29. The summed E-state index contributed by atoms with van der Waals surface area (Å²) in [7, 11) is 0. The molecule has 1 aromatic heterocycles. The number of benzene rings is 1. The zero-order valence-corrected chi connectivity index (χ0v) is 13.5. The van der Waals surface area contributed by atoms with E-state index in [2.05, 4.69) is 10.3 Å². The smallest absolute Gasteiger partial charge is 0.253 e. The lowest BCUT2D eigenvalue weighted by molar-refractivity contribution is -0.0136. The van der Waals surface area contributed by atoms with Gasteiger partial charge in [-0.1, -0.05) is 17.7 Å². The first kappa shape index (κ1) is 16.7. The van der Waals surface area contributed by atoms with Crippen LogP contribution in [0, 0.1) is 5.82 Å². The van der Waals surface area contributed by atoms with Crippen LogP contribution >= 0.6 is 11.6 Å². The molecule has 0 bridgehead atoms. The Morgan fingerprint density at radius 1 is 1.42 bits per heavy atom. The maximum Gasteiger partial charge on any atom is 0.253 e. The third-order valence-corrected chi connectivity index (χ3v) is 4.02. The molecule has 2 aromatic rings. The predicted molar refractivity (Wildman–Crippen MR) is 86.8 cm³/mol. The van der Waals surface area contributed by atoms with Crippen molar-refractivity contribution in [2.45, 2.75) is 18.6 Å². The van der Waals surface area contributed by atoms with Crippen LogP contribution in [0.4, 0.5) is 4.39 Å². The quantitative estimate of drug-likeness (QED) is 0.921. The summed E-state index contributed by atoms with van der Waals surface area (Å²) in [6.07, 6.45) is 3.10. The summed E-state index contributed by atoms with van der Waals surface area (Å²) in [5, 5.41) is 3.19. The van der Waals surface area contributed by atoms with Gasteiger partial charge >= 0.3 is 0 Å². The number of rotatable bonds is 4. The van der Waals surface area contributed by atoms with E-state index in [1.165, 1.54) is 24.5 Å². The van der Waals surface area contributed by atoms with Crippen LogP contribution in [0.1, 0.15) is 16.8 Å². The highest BCUT2D eigenvalue weighted by molar-refractivity contribution is 6.33. The van der Waals surface area contributed by atoms with Gasteiger partial charge in [0.05, 0.1) is 23.2 Å². The number of halogens is 2. The van der Waals surface area contributed by atoms with E-state index < -0.39 is 6.10 Å². The molecular weight excluding hydrogens is 335 g/mol. The van der Waals surface area contributed by atoms with E-state index in [0.29, 0.717) is 30.9 Å². The zero-order valence-electron chi connectivity index (χ0n) is 12.7. The third kappa shape index (κ3) is 4.01. The number of hydrogen-bond acceptors (Lipinski definition) is 4. The van der Waals surface area contributed by atoms with Crippen LogP contribution in [0.25, 0.3) is 0 Å². The molecule has 1 aromatic carbocycles. The van der Waals surface area contributed by atoms with Crippen molar-refractivity contribution in [3.05, 3.63) is 59.1 Å². The molecule has 3 rings (SSSR count). The van der Waals surface area contributed by atoms with E-state index in [4.69, 9.17) is 21.1 Å². The first-order valence-corrected chi connectivity index (χ1v) is 7.91. The van der Waals surface area contributed by atoms with Crippen LogP contribution in [0.5, 0.6) is 5.75 Å². The standard InChI is InChI=1S/C17H16ClFN2O3/c18-14-9-20-6-4-13(14)17(22)21-15-5-7-23-10-16(15)24-12-3-1-2-11(19)8-12/h1-4,6,8-9,15-16H,5,7,10H2,(H,21,22)/t15-,16-/m0/s1. The Morgan fingerprint density at radius 2 is 2.29 bits per heavy atom. The van der Waals surface area contributed by atoms with Gasteiger partial charge in [0.25, 0.3) is 5.91 Å². The number of amides is 1. The summed E-state index contributed by atoms with van der Waals surface area (Å²) in [5.41, 5.74) is 0.350. The third-order valence-electron chi connectivity index (χ3n) is 3.72. The van der Waals surface area contributed by atoms with Crippen molar-refractivity contribution in [3.8, 4) is 5.75 Å². The van der Waals surface area contributed by atoms with Crippen LogP contribution < -0.4 is 10.1 Å². The number of ether oxygens (including phenoxy) is 2. The number of pyridine rings is 1. The Hall–Kier alpha value is -2.18. The van der Waals surface area contributed by atoms with E-state index >= 15 is 0 Å². The van der Waals surface area contributed by atoms with Gasteiger partial charge in [-0.25, -0.2) is 4.39 Å². The summed E-state index contributed by atoms with van der Waals surface area (Å²) in [6.45, 7) is 0.823. The first-order valence-electron chi connectivity index (χ1n) is 7.54. The number of nitrogens with zero attached hydrogens (tertiary/aromatic N) is 1. The van der Waals surface area contributed by atoms with Gasteiger partial charge in [-0.05, 0) is 24.6 Å². The van der Waals surface area contributed by atoms with Crippen molar-refractivity contribution in [1.29, 1.82) is 0 Å². The number of carbonyl (C=O) groups is 1. The van der Waals surface area contributed by atoms with E-state index in [1.54, 1.807) is 18.2 Å². The number of hydrogen-bond donors (Lipinski definition) is 1. The maximum absolute atomic E-state index is 13.3. The van der Waals surface area contributed by atoms with Crippen LogP contribution in [0.3, 0.4) is 0 Å². The van der Waals surface area contributed by atoms with Crippen LogP contribution in [0.2, 0.25) is 5.02 Å². The minimum atomic E-state index is -0.412. The maximum atomic E-state index is 13.3. The zero-order chi connectivity index (χ0) is 16.9. The highest BCUT2D eigenvalue weighted by atomic mass is 35.5. The summed E-state index contributed by atoms with van der Waals surface area (Å²) in [4.78, 5) is 16.3. The number of aromatic nitrogens is 1. The summed E-state index contributed by atoms with van der Waals surface area (Å²) >= 11 is 6.00. The van der Waals surface area contributed by atoms with Gasteiger partial charge in [0.15, 0.2) is 0 Å². The van der Waals surface area contributed by atoms with E-state index in [9.17, 15) is 9.18 Å². The normalized spacial score (nSPS) is 20.4. The lowest BCUT2D eigenvalue weighted by Crippen LogP contribution is -2.51. The first-order chi connectivity index (χ1) is 11.6. The molecule has 5 nitrogen and oxygen atoms in total. The SMILES string of the molecule is O=C(N[C@H]1CCOC[C@@H]1Oc1cccc(F)c1)c1ccncc1Cl. The number of carbonyl (C=O) groups excluding carboxylic acids is 1. The van der Waals surface area contributed by atoms with Crippen molar-refractivity contribution < 1.29 is 18.7 Å². The average Bonchev–Trinajstić information content (AvgIpc) is 2.57. The van der Waals surface area contributed by atoms with Crippen LogP contribution in [0.15, 0.2) is 42.7 Å². The average molecular weight is 351 g/mol. The molecule has 1 N–H and O–H groups in total. The molecule has 0 aliphatic carbocycles. The Labute approximate surface area is 143 Å². The van der Waals surface area contributed by atoms with E-state index in [1.807, 2.05) is 0 Å². The van der Waals surface area contributed by atoms with E-state index in [-0.39, 0.29) is 22.8 Å². The second kappa shape index (κ2) is 7.59. The minimum absolute atomic E-state index is 0.265. The van der Waals surface area contributed by atoms with Crippen LogP contribution in [-0.2, 0) is 4.74 Å². The molecular formula is C17H16ClFN2O3. The second-order valence-corrected chi connectivity index (χ2v) is 5.82. The second-order valence-electron chi connectivity index (χ2n) is 5.41.